The fraction of sp³-hybridized carbons (Fsp3) is 0.962. The lowest BCUT2D eigenvalue weighted by Gasteiger charge is -2.33. The first-order valence-corrected chi connectivity index (χ1v) is 15.4. The molecule has 8 nitrogen and oxygen atoms in total. The quantitative estimate of drug-likeness (QED) is 0.106. The largest absolute Gasteiger partial charge is 0.756 e. The molecule has 0 aliphatic rings. The Kier molecular flexibility index (Phi) is 20.3. The minimum absolute atomic E-state index is 0.0153. The maximum absolute atomic E-state index is 12.3. The Balaban J connectivity index is 4.05. The highest BCUT2D eigenvalue weighted by atomic mass is 31.2. The molecule has 0 aliphatic heterocycles. The van der Waals surface area contributed by atoms with Crippen molar-refractivity contribution in [3.8, 4) is 0 Å². The second kappa shape index (κ2) is 20.5. The van der Waals surface area contributed by atoms with Crippen LogP contribution in [0.25, 0.3) is 0 Å². The zero-order valence-electron chi connectivity index (χ0n) is 23.3. The molecule has 9 heteroatoms. The first-order valence-electron chi connectivity index (χ1n) is 13.9. The van der Waals surface area contributed by atoms with Crippen LogP contribution in [0.3, 0.4) is 0 Å². The number of carbonyl (C=O) groups is 1. The molecule has 0 aromatic heterocycles. The molecule has 3 atom stereocenters. The summed E-state index contributed by atoms with van der Waals surface area (Å²) in [5, 5.41) is 2.91. The minimum atomic E-state index is -4.86. The average Bonchev–Trinajstić information content (AvgIpc) is 2.73. The van der Waals surface area contributed by atoms with Crippen molar-refractivity contribution < 1.29 is 32.9 Å². The Morgan fingerprint density at radius 2 is 1.37 bits per heavy atom. The molecule has 2 N–H and O–H groups in total. The van der Waals surface area contributed by atoms with Crippen molar-refractivity contribution >= 4 is 13.7 Å². The molecule has 0 fully saturated rings. The van der Waals surface area contributed by atoms with Gasteiger partial charge in [0.25, 0.3) is 7.82 Å². The molecule has 3 unspecified atom stereocenters. The zero-order chi connectivity index (χ0) is 26.6. The van der Waals surface area contributed by atoms with Gasteiger partial charge in [0.1, 0.15) is 12.6 Å². The van der Waals surface area contributed by atoms with Gasteiger partial charge in [-0.3, -0.25) is 9.36 Å². The van der Waals surface area contributed by atoms with Gasteiger partial charge in [-0.2, -0.15) is 0 Å². The molecule has 0 saturated carbocycles. The van der Waals surface area contributed by atoms with Crippen molar-refractivity contribution in [3.63, 3.8) is 0 Å². The van der Waals surface area contributed by atoms with Crippen LogP contribution in [0.4, 0.5) is 0 Å². The molecule has 0 rings (SSSR count). The molecular formula is C26H55N2O6P. The topological polar surface area (TPSA) is 108 Å². The third-order valence-corrected chi connectivity index (χ3v) is 6.56. The number of hydrogen-bond donors (Lipinski definition) is 2. The third-order valence-electron chi connectivity index (χ3n) is 6.00. The van der Waals surface area contributed by atoms with E-state index in [2.05, 4.69) is 12.2 Å². The van der Waals surface area contributed by atoms with E-state index in [0.29, 0.717) is 24.1 Å². The van der Waals surface area contributed by atoms with E-state index in [1.807, 2.05) is 28.1 Å². The van der Waals surface area contributed by atoms with Gasteiger partial charge < -0.3 is 28.8 Å². The van der Waals surface area contributed by atoms with Crippen molar-refractivity contribution in [1.29, 1.82) is 0 Å². The molecule has 210 valence electrons. The predicted octanol–water partition coefficient (Wildman–Crippen LogP) is 4.93. The van der Waals surface area contributed by atoms with Crippen LogP contribution in [-0.4, -0.2) is 68.3 Å². The highest BCUT2D eigenvalue weighted by Gasteiger charge is 2.26. The van der Waals surface area contributed by atoms with Gasteiger partial charge in [0.05, 0.1) is 27.2 Å². The predicted molar refractivity (Wildman–Crippen MR) is 141 cm³/mol. The van der Waals surface area contributed by atoms with Crippen molar-refractivity contribution in [2.75, 3.05) is 40.8 Å². The maximum atomic E-state index is 12.3. The van der Waals surface area contributed by atoms with E-state index in [1.165, 1.54) is 70.6 Å². The van der Waals surface area contributed by atoms with E-state index in [1.54, 1.807) is 0 Å². The number of phosphoric acid groups is 1. The number of hydrogen-bond acceptors (Lipinski definition) is 5. The number of unbranched alkanes of at least 4 members (excludes halogenated alkanes) is 12. The molecule has 1 amide bonds. The summed E-state index contributed by atoms with van der Waals surface area (Å²) < 4.78 is 22.3. The molecule has 0 bridgehead atoms. The SMILES string of the molecule is CCCCCCCCCCCCCCCC(=O)NCC(CC(C[N+](C)(C)C)OP(=O)([O-])O)OCC. The maximum Gasteiger partial charge on any atom is 0.265 e. The summed E-state index contributed by atoms with van der Waals surface area (Å²) in [6.45, 7) is 5.20. The van der Waals surface area contributed by atoms with Crippen molar-refractivity contribution in [3.05, 3.63) is 0 Å². The van der Waals surface area contributed by atoms with Gasteiger partial charge in [-0.15, -0.1) is 0 Å². The number of amides is 1. The van der Waals surface area contributed by atoms with E-state index in [-0.39, 0.29) is 18.9 Å². The molecule has 35 heavy (non-hydrogen) atoms. The van der Waals surface area contributed by atoms with Crippen LogP contribution in [0.5, 0.6) is 0 Å². The molecule has 0 aliphatic carbocycles. The smallest absolute Gasteiger partial charge is 0.265 e. The number of rotatable bonds is 24. The number of likely N-dealkylation sites (N-methyl/N-ethyl adjacent to an activating group) is 1. The highest BCUT2D eigenvalue weighted by Crippen LogP contribution is 2.34. The Hall–Kier alpha value is -0.500. The van der Waals surface area contributed by atoms with Crippen LogP contribution in [0.15, 0.2) is 0 Å². The molecule has 0 aromatic carbocycles. The molecule has 0 aromatic rings. The number of carbonyl (C=O) groups excluding carboxylic acids is 1. The van der Waals surface area contributed by atoms with Crippen molar-refractivity contribution in [1.82, 2.24) is 5.32 Å². The molecule has 0 radical (unpaired) electrons. The third kappa shape index (κ3) is 25.0. The number of phosphoric ester groups is 1. The lowest BCUT2D eigenvalue weighted by atomic mass is 10.0. The standard InChI is InChI=1S/C26H55N2O6P/c1-6-8-9-10-11-12-13-14-15-16-17-18-19-20-26(29)27-22-24(33-7-2)21-25(23-28(3,4)5)34-35(30,31)32/h24-25H,6-23H2,1-5H3,(H2-,27,29,30,31,32). The average molecular weight is 523 g/mol. The van der Waals surface area contributed by atoms with E-state index in [0.717, 1.165) is 12.8 Å². The number of nitrogens with zero attached hydrogens (tertiary/aromatic N) is 1. The monoisotopic (exact) mass is 522 g/mol. The van der Waals surface area contributed by atoms with E-state index >= 15 is 0 Å². The number of nitrogens with one attached hydrogen (secondary N) is 1. The van der Waals surface area contributed by atoms with E-state index < -0.39 is 20.0 Å². The number of ether oxygens (including phenoxy) is 1. The molecule has 0 heterocycles. The fourth-order valence-electron chi connectivity index (χ4n) is 4.31. The second-order valence-corrected chi connectivity index (χ2v) is 11.9. The van der Waals surface area contributed by atoms with Gasteiger partial charge in [0.15, 0.2) is 0 Å². The van der Waals surface area contributed by atoms with Gasteiger partial charge in [-0.05, 0) is 13.3 Å². The van der Waals surface area contributed by atoms with Crippen LogP contribution in [0.2, 0.25) is 0 Å². The van der Waals surface area contributed by atoms with Crippen LogP contribution < -0.4 is 10.2 Å². The van der Waals surface area contributed by atoms with Crippen LogP contribution >= 0.6 is 7.82 Å². The summed E-state index contributed by atoms with van der Waals surface area (Å²) in [5.41, 5.74) is 0. The Morgan fingerprint density at radius 3 is 1.80 bits per heavy atom. The highest BCUT2D eigenvalue weighted by molar-refractivity contribution is 7.44. The van der Waals surface area contributed by atoms with Gasteiger partial charge in [0, 0.05) is 26.0 Å². The molecular weight excluding hydrogens is 467 g/mol. The summed E-state index contributed by atoms with van der Waals surface area (Å²) in [6, 6.07) is 0. The van der Waals surface area contributed by atoms with Crippen molar-refractivity contribution in [2.45, 2.75) is 122 Å². The van der Waals surface area contributed by atoms with E-state index in [4.69, 9.17) is 14.2 Å². The molecule has 0 spiro atoms. The Bertz CT molecular complexity index is 565. The van der Waals surface area contributed by atoms with Crippen LogP contribution in [0.1, 0.15) is 110 Å². The van der Waals surface area contributed by atoms with Crippen LogP contribution in [-0.2, 0) is 18.6 Å². The van der Waals surface area contributed by atoms with Crippen molar-refractivity contribution in [2.24, 2.45) is 0 Å². The summed E-state index contributed by atoms with van der Waals surface area (Å²) >= 11 is 0. The summed E-state index contributed by atoms with van der Waals surface area (Å²) in [4.78, 5) is 32.7. The summed E-state index contributed by atoms with van der Waals surface area (Å²) in [6.07, 6.45) is 16.1. The zero-order valence-corrected chi connectivity index (χ0v) is 24.2. The fourth-order valence-corrected chi connectivity index (χ4v) is 4.84. The number of quaternary nitrogens is 1. The minimum Gasteiger partial charge on any atom is -0.756 e. The van der Waals surface area contributed by atoms with Crippen LogP contribution in [0, 0.1) is 0 Å². The Morgan fingerprint density at radius 1 is 0.886 bits per heavy atom. The normalized spacial score (nSPS) is 15.5. The summed E-state index contributed by atoms with van der Waals surface area (Å²) in [5.74, 6) is -0.0153. The lowest BCUT2D eigenvalue weighted by molar-refractivity contribution is -0.873. The lowest BCUT2D eigenvalue weighted by Crippen LogP contribution is -2.45. The summed E-state index contributed by atoms with van der Waals surface area (Å²) in [7, 11) is 0.877. The first kappa shape index (κ1) is 34.5. The molecule has 0 saturated heterocycles. The van der Waals surface area contributed by atoms with E-state index in [9.17, 15) is 14.3 Å². The Labute approximate surface area is 215 Å². The van der Waals surface area contributed by atoms with Gasteiger partial charge in [-0.25, -0.2) is 0 Å². The van der Waals surface area contributed by atoms with Gasteiger partial charge in [0.2, 0.25) is 5.91 Å². The van der Waals surface area contributed by atoms with Gasteiger partial charge >= 0.3 is 0 Å². The first-order chi connectivity index (χ1) is 16.5. The van der Waals surface area contributed by atoms with Gasteiger partial charge in [-0.1, -0.05) is 84.0 Å². The second-order valence-electron chi connectivity index (χ2n) is 10.8.